The second kappa shape index (κ2) is 8.29. The molecule has 2 N–H and O–H groups in total. The van der Waals surface area contributed by atoms with Crippen LogP contribution in [0, 0.1) is 11.3 Å². The first-order chi connectivity index (χ1) is 12.9. The van der Waals surface area contributed by atoms with E-state index >= 15 is 0 Å². The van der Waals surface area contributed by atoms with Crippen LogP contribution in [0.2, 0.25) is 0 Å². The van der Waals surface area contributed by atoms with Gasteiger partial charge in [0.05, 0.1) is 12.2 Å². The molecule has 5 heteroatoms. The van der Waals surface area contributed by atoms with E-state index in [0.717, 1.165) is 44.2 Å². The second-order valence-electron chi connectivity index (χ2n) is 8.83. The average molecular weight is 375 g/mol. The third-order valence-electron chi connectivity index (χ3n) is 6.90. The highest BCUT2D eigenvalue weighted by atomic mass is 16.6. The lowest BCUT2D eigenvalue weighted by Gasteiger charge is -2.48. The minimum Gasteiger partial charge on any atom is -0.395 e. The number of likely N-dealkylation sites (N-methyl/N-ethyl adjacent to an activating group) is 1. The Bertz CT molecular complexity index is 663. The van der Waals surface area contributed by atoms with Crippen molar-refractivity contribution >= 4 is 6.21 Å². The largest absolute Gasteiger partial charge is 0.395 e. The van der Waals surface area contributed by atoms with Gasteiger partial charge in [-0.1, -0.05) is 36.3 Å². The highest BCUT2D eigenvalue weighted by molar-refractivity contribution is 5.62. The Morgan fingerprint density at radius 1 is 1.30 bits per heavy atom. The highest BCUT2D eigenvalue weighted by Crippen LogP contribution is 2.60. The fourth-order valence-corrected chi connectivity index (χ4v) is 4.94. The lowest BCUT2D eigenvalue weighted by atomic mass is 9.59. The summed E-state index contributed by atoms with van der Waals surface area (Å²) in [4.78, 5) is 7.47. The van der Waals surface area contributed by atoms with Gasteiger partial charge in [-0.3, -0.25) is 0 Å². The molecule has 2 fully saturated rings. The van der Waals surface area contributed by atoms with E-state index in [0.29, 0.717) is 12.5 Å². The van der Waals surface area contributed by atoms with Gasteiger partial charge in [-0.05, 0) is 63.2 Å². The zero-order valence-corrected chi connectivity index (χ0v) is 16.9. The summed E-state index contributed by atoms with van der Waals surface area (Å²) >= 11 is 0. The smallest absolute Gasteiger partial charge is 0.129 e. The number of aliphatic hydroxyl groups is 2. The average Bonchev–Trinajstić information content (AvgIpc) is 2.91. The second-order valence-corrected chi connectivity index (χ2v) is 8.83. The lowest BCUT2D eigenvalue weighted by Crippen LogP contribution is -2.49. The fraction of sp³-hybridized carbons (Fsp3) is 0.682. The van der Waals surface area contributed by atoms with Crippen LogP contribution < -0.4 is 0 Å². The first-order valence-electron chi connectivity index (χ1n) is 10.1. The molecule has 0 bridgehead atoms. The van der Waals surface area contributed by atoms with Crippen molar-refractivity contribution in [3.63, 3.8) is 0 Å². The number of benzene rings is 1. The van der Waals surface area contributed by atoms with Gasteiger partial charge in [0.1, 0.15) is 6.61 Å². The number of hydrogen-bond acceptors (Lipinski definition) is 5. The van der Waals surface area contributed by atoms with Gasteiger partial charge < -0.3 is 20.0 Å². The summed E-state index contributed by atoms with van der Waals surface area (Å²) < 4.78 is 0. The van der Waals surface area contributed by atoms with Gasteiger partial charge in [0.15, 0.2) is 0 Å². The predicted octanol–water partition coefficient (Wildman–Crippen LogP) is 3.16. The molecule has 1 aromatic carbocycles. The number of hydrogen-bond donors (Lipinski definition) is 2. The van der Waals surface area contributed by atoms with Crippen molar-refractivity contribution in [2.75, 3.05) is 27.2 Å². The molecule has 4 atom stereocenters. The van der Waals surface area contributed by atoms with Crippen LogP contribution in [-0.4, -0.2) is 54.2 Å². The third-order valence-corrected chi connectivity index (χ3v) is 6.90. The van der Waals surface area contributed by atoms with Gasteiger partial charge in [-0.25, -0.2) is 0 Å². The first-order valence-corrected chi connectivity index (χ1v) is 10.1. The first kappa shape index (κ1) is 20.3. The van der Waals surface area contributed by atoms with E-state index in [2.05, 4.69) is 29.1 Å². The van der Waals surface area contributed by atoms with Crippen molar-refractivity contribution in [1.82, 2.24) is 4.90 Å². The van der Waals surface area contributed by atoms with Crippen LogP contribution in [0.25, 0.3) is 0 Å². The molecule has 0 aliphatic heterocycles. The molecule has 0 unspecified atom stereocenters. The van der Waals surface area contributed by atoms with E-state index in [4.69, 9.17) is 4.84 Å². The van der Waals surface area contributed by atoms with Crippen molar-refractivity contribution in [3.05, 3.63) is 35.4 Å². The minimum atomic E-state index is -0.661. The van der Waals surface area contributed by atoms with Crippen molar-refractivity contribution in [2.45, 2.75) is 57.2 Å². The molecule has 0 aromatic heterocycles. The molecule has 0 amide bonds. The molecule has 2 saturated carbocycles. The SMILES string of the molecule is CN(C)CCO/N=C/[C@H]1CC[C@]2(O)C[C@@H](c3cccc(CO)c3)CC[C@]12C. The van der Waals surface area contributed by atoms with Crippen LogP contribution in [0.5, 0.6) is 0 Å². The molecular formula is C22H34N2O3. The van der Waals surface area contributed by atoms with Crippen molar-refractivity contribution in [1.29, 1.82) is 0 Å². The maximum atomic E-state index is 11.5. The standard InChI is InChI=1S/C22H34N2O3/c1-21-9-7-19(18-6-4-5-17(13-18)16-25)14-22(21,26)10-8-20(21)15-23-27-12-11-24(2)3/h4-6,13,15,19-20,25-26H,7-12,14,16H2,1-3H3/b23-15+/t19-,20+,21+,22-/m0/s1. The van der Waals surface area contributed by atoms with Crippen molar-refractivity contribution in [2.24, 2.45) is 16.5 Å². The van der Waals surface area contributed by atoms with E-state index in [-0.39, 0.29) is 17.9 Å². The van der Waals surface area contributed by atoms with Crippen LogP contribution in [-0.2, 0) is 11.4 Å². The highest BCUT2D eigenvalue weighted by Gasteiger charge is 2.58. The summed E-state index contributed by atoms with van der Waals surface area (Å²) in [6.07, 6.45) is 6.51. The third kappa shape index (κ3) is 4.20. The quantitative estimate of drug-likeness (QED) is 0.437. The molecule has 3 rings (SSSR count). The number of rotatable bonds is 7. The predicted molar refractivity (Wildman–Crippen MR) is 108 cm³/mol. The molecule has 2 aliphatic carbocycles. The molecule has 27 heavy (non-hydrogen) atoms. The van der Waals surface area contributed by atoms with E-state index in [1.54, 1.807) is 0 Å². The lowest BCUT2D eigenvalue weighted by molar-refractivity contribution is -0.0959. The zero-order valence-electron chi connectivity index (χ0n) is 16.9. The van der Waals surface area contributed by atoms with E-state index in [1.807, 2.05) is 32.4 Å². The van der Waals surface area contributed by atoms with E-state index < -0.39 is 5.60 Å². The molecule has 0 spiro atoms. The van der Waals surface area contributed by atoms with E-state index in [9.17, 15) is 10.2 Å². The van der Waals surface area contributed by atoms with Gasteiger partial charge in [0.25, 0.3) is 0 Å². The Morgan fingerprint density at radius 2 is 2.11 bits per heavy atom. The van der Waals surface area contributed by atoms with Gasteiger partial charge in [-0.2, -0.15) is 0 Å². The zero-order chi connectivity index (χ0) is 19.5. The molecule has 5 nitrogen and oxygen atoms in total. The van der Waals surface area contributed by atoms with Gasteiger partial charge in [0, 0.05) is 24.1 Å². The van der Waals surface area contributed by atoms with Crippen LogP contribution >= 0.6 is 0 Å². The van der Waals surface area contributed by atoms with Gasteiger partial charge in [0.2, 0.25) is 0 Å². The number of nitrogens with zero attached hydrogens (tertiary/aromatic N) is 2. The summed E-state index contributed by atoms with van der Waals surface area (Å²) in [6.45, 7) is 3.71. The molecule has 1 aromatic rings. The maximum absolute atomic E-state index is 11.5. The summed E-state index contributed by atoms with van der Waals surface area (Å²) in [5, 5.41) is 25.1. The van der Waals surface area contributed by atoms with E-state index in [1.165, 1.54) is 5.56 Å². The maximum Gasteiger partial charge on any atom is 0.129 e. The fourth-order valence-electron chi connectivity index (χ4n) is 4.94. The van der Waals surface area contributed by atoms with Gasteiger partial charge in [-0.15, -0.1) is 0 Å². The monoisotopic (exact) mass is 374 g/mol. The topological polar surface area (TPSA) is 65.3 Å². The van der Waals surface area contributed by atoms with Crippen LogP contribution in [0.3, 0.4) is 0 Å². The number of oxime groups is 1. The molecule has 2 aliphatic rings. The summed E-state index contributed by atoms with van der Waals surface area (Å²) in [6, 6.07) is 8.17. The Kier molecular flexibility index (Phi) is 6.24. The minimum absolute atomic E-state index is 0.0644. The Morgan fingerprint density at radius 3 is 2.85 bits per heavy atom. The van der Waals surface area contributed by atoms with Gasteiger partial charge >= 0.3 is 0 Å². The van der Waals surface area contributed by atoms with Crippen molar-refractivity contribution < 1.29 is 15.1 Å². The molecular weight excluding hydrogens is 340 g/mol. The van der Waals surface area contributed by atoms with Crippen LogP contribution in [0.15, 0.2) is 29.4 Å². The molecule has 0 saturated heterocycles. The molecule has 0 radical (unpaired) electrons. The Balaban J connectivity index is 1.66. The number of fused-ring (bicyclic) bond motifs is 1. The van der Waals surface area contributed by atoms with Crippen LogP contribution in [0.1, 0.15) is 56.1 Å². The van der Waals surface area contributed by atoms with Crippen LogP contribution in [0.4, 0.5) is 0 Å². The Labute approximate surface area is 163 Å². The molecule has 0 heterocycles. The summed E-state index contributed by atoms with van der Waals surface area (Å²) in [5.41, 5.74) is 1.37. The normalized spacial score (nSPS) is 33.6. The summed E-state index contributed by atoms with van der Waals surface area (Å²) in [5.74, 6) is 0.605. The molecule has 150 valence electrons. The van der Waals surface area contributed by atoms with Crippen molar-refractivity contribution in [3.8, 4) is 0 Å². The number of aliphatic hydroxyl groups excluding tert-OH is 1. The summed E-state index contributed by atoms with van der Waals surface area (Å²) in [7, 11) is 4.03. The Hall–Kier alpha value is -1.43.